The van der Waals surface area contributed by atoms with Crippen molar-refractivity contribution in [3.8, 4) is 0 Å². The number of nitrogens with two attached hydrogens (primary N) is 1. The third-order valence-electron chi connectivity index (χ3n) is 3.30. The molecule has 0 spiro atoms. The summed E-state index contributed by atoms with van der Waals surface area (Å²) in [4.78, 5) is 23.3. The normalized spacial score (nSPS) is 10.4. The zero-order valence-electron chi connectivity index (χ0n) is 12.0. The van der Waals surface area contributed by atoms with Gasteiger partial charge in [0.05, 0.1) is 0 Å². The van der Waals surface area contributed by atoms with E-state index in [9.17, 15) is 14.7 Å². The summed E-state index contributed by atoms with van der Waals surface area (Å²) in [5, 5.41) is 10.8. The summed E-state index contributed by atoms with van der Waals surface area (Å²) in [5.41, 5.74) is 9.27. The van der Waals surface area contributed by atoms with Gasteiger partial charge in [0.1, 0.15) is 0 Å². The first kappa shape index (κ1) is 14.8. The predicted molar refractivity (Wildman–Crippen MR) is 78.9 cm³/mol. The highest BCUT2D eigenvalue weighted by Gasteiger charge is 2.15. The highest BCUT2D eigenvalue weighted by atomic mass is 16.4. The van der Waals surface area contributed by atoms with E-state index in [0.29, 0.717) is 16.7 Å². The van der Waals surface area contributed by atoms with E-state index in [1.165, 1.54) is 0 Å². The molecule has 108 valence electrons. The van der Waals surface area contributed by atoms with Crippen LogP contribution in [0.4, 0.5) is 5.69 Å². The van der Waals surface area contributed by atoms with E-state index in [0.717, 1.165) is 11.1 Å². The lowest BCUT2D eigenvalue weighted by Gasteiger charge is -2.13. The van der Waals surface area contributed by atoms with Crippen molar-refractivity contribution in [2.24, 2.45) is 0 Å². The molecule has 0 aromatic heterocycles. The molecule has 0 aliphatic heterocycles. The summed E-state index contributed by atoms with van der Waals surface area (Å²) in [6.45, 7) is 3.73. The molecule has 0 atom stereocenters. The van der Waals surface area contributed by atoms with Crippen LogP contribution >= 0.6 is 0 Å². The molecule has 21 heavy (non-hydrogen) atoms. The fraction of sp³-hybridized carbons (Fsp3) is 0.176. The van der Waals surface area contributed by atoms with E-state index in [1.807, 2.05) is 19.1 Å². The first-order chi connectivity index (χ1) is 9.88. The van der Waals surface area contributed by atoms with Crippen molar-refractivity contribution in [2.75, 3.05) is 5.73 Å². The van der Waals surface area contributed by atoms with Crippen LogP contribution in [0.2, 0.25) is 0 Å². The van der Waals surface area contributed by atoms with Gasteiger partial charge in [0.2, 0.25) is 0 Å². The van der Waals surface area contributed by atoms with Crippen molar-refractivity contribution < 1.29 is 14.7 Å². The van der Waals surface area contributed by atoms with Crippen LogP contribution < -0.4 is 10.8 Å². The maximum atomic E-state index is 12.5. The molecule has 0 unspecified atom stereocenters. The molecule has 0 saturated carbocycles. The average Bonchev–Trinajstić information content (AvgIpc) is 2.42. The van der Waals surface area contributed by atoms with Crippen LogP contribution in [0.5, 0.6) is 0 Å². The molecule has 0 aliphatic carbocycles. The smallest absolute Gasteiger partial charge is 0.195 e. The van der Waals surface area contributed by atoms with E-state index in [2.05, 4.69) is 0 Å². The van der Waals surface area contributed by atoms with Gasteiger partial charge in [-0.25, -0.2) is 0 Å². The first-order valence-corrected chi connectivity index (χ1v) is 6.58. The molecule has 2 aromatic rings. The molecule has 2 rings (SSSR count). The molecule has 0 fully saturated rings. The number of carboxylic acid groups (broad SMARTS) is 1. The SMILES string of the molecule is Cc1ccc(C(=O)c2cc(C)cc(CC(=O)[O-])c2N)cc1. The maximum Gasteiger partial charge on any atom is 0.195 e. The lowest BCUT2D eigenvalue weighted by atomic mass is 9.95. The maximum absolute atomic E-state index is 12.5. The quantitative estimate of drug-likeness (QED) is 0.679. The number of rotatable bonds is 4. The Morgan fingerprint density at radius 3 is 2.24 bits per heavy atom. The van der Waals surface area contributed by atoms with Crippen LogP contribution in [0.1, 0.15) is 32.6 Å². The fourth-order valence-corrected chi connectivity index (χ4v) is 2.22. The van der Waals surface area contributed by atoms with Crippen LogP contribution in [-0.4, -0.2) is 11.8 Å². The number of hydrogen-bond donors (Lipinski definition) is 1. The monoisotopic (exact) mass is 282 g/mol. The molecule has 4 heteroatoms. The van der Waals surface area contributed by atoms with E-state index in [1.54, 1.807) is 31.2 Å². The molecule has 0 aliphatic rings. The summed E-state index contributed by atoms with van der Waals surface area (Å²) in [7, 11) is 0. The Morgan fingerprint density at radius 2 is 1.67 bits per heavy atom. The third-order valence-corrected chi connectivity index (χ3v) is 3.30. The van der Waals surface area contributed by atoms with Gasteiger partial charge in [-0.05, 0) is 31.0 Å². The molecule has 0 saturated heterocycles. The van der Waals surface area contributed by atoms with E-state index in [-0.39, 0.29) is 17.9 Å². The second-order valence-electron chi connectivity index (χ2n) is 5.13. The van der Waals surface area contributed by atoms with E-state index in [4.69, 9.17) is 5.73 Å². The third kappa shape index (κ3) is 3.28. The topological polar surface area (TPSA) is 83.2 Å². The van der Waals surface area contributed by atoms with Gasteiger partial charge in [0.15, 0.2) is 5.78 Å². The minimum atomic E-state index is -1.22. The van der Waals surface area contributed by atoms with E-state index >= 15 is 0 Å². The van der Waals surface area contributed by atoms with Gasteiger partial charge in [0, 0.05) is 29.2 Å². The molecule has 2 aromatic carbocycles. The molecule has 0 radical (unpaired) electrons. The van der Waals surface area contributed by atoms with Gasteiger partial charge in [-0.2, -0.15) is 0 Å². The van der Waals surface area contributed by atoms with Gasteiger partial charge < -0.3 is 15.6 Å². The molecule has 0 bridgehead atoms. The molecule has 0 heterocycles. The van der Waals surface area contributed by atoms with Crippen molar-refractivity contribution in [3.05, 3.63) is 64.2 Å². The van der Waals surface area contributed by atoms with Crippen molar-refractivity contribution in [1.82, 2.24) is 0 Å². The standard InChI is InChI=1S/C17H17NO3/c1-10-3-5-12(6-4-10)17(21)14-8-11(2)7-13(16(14)18)9-15(19)20/h3-8H,9,18H2,1-2H3,(H,19,20)/p-1. The largest absolute Gasteiger partial charge is 0.550 e. The van der Waals surface area contributed by atoms with Crippen molar-refractivity contribution in [3.63, 3.8) is 0 Å². The predicted octanol–water partition coefficient (Wildman–Crippen LogP) is 1.41. The van der Waals surface area contributed by atoms with Gasteiger partial charge in [0.25, 0.3) is 0 Å². The second-order valence-corrected chi connectivity index (χ2v) is 5.13. The number of hydrogen-bond acceptors (Lipinski definition) is 4. The number of ketones is 1. The lowest BCUT2D eigenvalue weighted by Crippen LogP contribution is -2.25. The number of aryl methyl sites for hydroxylation is 2. The Balaban J connectivity index is 2.47. The number of nitrogen functional groups attached to an aromatic ring is 1. The number of carbonyl (C=O) groups is 2. The zero-order chi connectivity index (χ0) is 15.6. The fourth-order valence-electron chi connectivity index (χ4n) is 2.22. The Morgan fingerprint density at radius 1 is 1.05 bits per heavy atom. The summed E-state index contributed by atoms with van der Waals surface area (Å²) < 4.78 is 0. The zero-order valence-corrected chi connectivity index (χ0v) is 12.0. The Labute approximate surface area is 123 Å². The first-order valence-electron chi connectivity index (χ1n) is 6.58. The highest BCUT2D eigenvalue weighted by Crippen LogP contribution is 2.23. The van der Waals surface area contributed by atoms with Crippen molar-refractivity contribution in [1.29, 1.82) is 0 Å². The summed E-state index contributed by atoms with van der Waals surface area (Å²) in [6.07, 6.45) is -0.304. The number of carboxylic acids is 1. The summed E-state index contributed by atoms with van der Waals surface area (Å²) in [6, 6.07) is 10.5. The average molecular weight is 282 g/mol. The molecule has 2 N–H and O–H groups in total. The second kappa shape index (κ2) is 5.79. The van der Waals surface area contributed by atoms with Crippen LogP contribution in [0.15, 0.2) is 36.4 Å². The number of benzene rings is 2. The number of anilines is 1. The molecule has 4 nitrogen and oxygen atoms in total. The van der Waals surface area contributed by atoms with Crippen LogP contribution in [0, 0.1) is 13.8 Å². The van der Waals surface area contributed by atoms with Crippen LogP contribution in [0.25, 0.3) is 0 Å². The van der Waals surface area contributed by atoms with Gasteiger partial charge >= 0.3 is 0 Å². The van der Waals surface area contributed by atoms with Crippen molar-refractivity contribution in [2.45, 2.75) is 20.3 Å². The summed E-state index contributed by atoms with van der Waals surface area (Å²) >= 11 is 0. The Kier molecular flexibility index (Phi) is 4.08. The Hall–Kier alpha value is -2.62. The number of carbonyl (C=O) groups excluding carboxylic acids is 2. The molecular weight excluding hydrogens is 266 g/mol. The minimum Gasteiger partial charge on any atom is -0.550 e. The van der Waals surface area contributed by atoms with Crippen LogP contribution in [-0.2, 0) is 11.2 Å². The van der Waals surface area contributed by atoms with Gasteiger partial charge in [-0.15, -0.1) is 0 Å². The number of aliphatic carboxylic acids is 1. The van der Waals surface area contributed by atoms with Gasteiger partial charge in [-0.3, -0.25) is 4.79 Å². The van der Waals surface area contributed by atoms with E-state index < -0.39 is 5.97 Å². The van der Waals surface area contributed by atoms with Gasteiger partial charge in [-0.1, -0.05) is 35.9 Å². The molecular formula is C17H16NO3-. The van der Waals surface area contributed by atoms with Crippen LogP contribution in [0.3, 0.4) is 0 Å². The lowest BCUT2D eigenvalue weighted by molar-refractivity contribution is -0.304. The van der Waals surface area contributed by atoms with Crippen molar-refractivity contribution >= 4 is 17.4 Å². The highest BCUT2D eigenvalue weighted by molar-refractivity contribution is 6.12. The minimum absolute atomic E-state index is 0.204. The summed E-state index contributed by atoms with van der Waals surface area (Å²) in [5.74, 6) is -1.43. The molecule has 0 amide bonds. The Bertz CT molecular complexity index is 703.